The highest BCUT2D eigenvalue weighted by Gasteiger charge is 2.27. The second-order valence-electron chi connectivity index (χ2n) is 6.39. The molecule has 0 aromatic carbocycles. The van der Waals surface area contributed by atoms with E-state index < -0.39 is 0 Å². The maximum atomic E-state index is 2.55. The lowest BCUT2D eigenvalue weighted by atomic mass is 10.1. The van der Waals surface area contributed by atoms with Gasteiger partial charge in [-0.25, -0.2) is 20.1 Å². The van der Waals surface area contributed by atoms with Crippen LogP contribution in [0, 0.1) is 5.92 Å². The molecule has 0 rings (SSSR count). The highest BCUT2D eigenvalue weighted by Crippen LogP contribution is 2.53. The van der Waals surface area contributed by atoms with Crippen molar-refractivity contribution in [2.45, 2.75) is 39.4 Å². The molecule has 2 heteroatoms. The standard InChI is InChI=1S/C14H34S2/c1-9-15(5,6)12-14(11-13(3)4)16(7,8)10-2/h13-14H,9-12H2,1-8H3. The molecule has 0 N–H and O–H groups in total. The first-order valence-electron chi connectivity index (χ1n) is 6.53. The van der Waals surface area contributed by atoms with Crippen molar-refractivity contribution in [1.82, 2.24) is 0 Å². The van der Waals surface area contributed by atoms with Crippen molar-refractivity contribution >= 4 is 20.1 Å². The smallest absolute Gasteiger partial charge is 0.00382 e. The Bertz CT molecular complexity index is 195. The molecule has 1 unspecified atom stereocenters. The molecule has 0 aliphatic heterocycles. The van der Waals surface area contributed by atoms with Crippen LogP contribution in [0.3, 0.4) is 0 Å². The van der Waals surface area contributed by atoms with Crippen molar-refractivity contribution in [3.05, 3.63) is 0 Å². The Kier molecular flexibility index (Phi) is 6.87. The average molecular weight is 267 g/mol. The van der Waals surface area contributed by atoms with Crippen LogP contribution in [-0.4, -0.2) is 47.5 Å². The minimum Gasteiger partial charge on any atom is -0.246 e. The molecule has 0 amide bonds. The summed E-state index contributed by atoms with van der Waals surface area (Å²) < 4.78 is 0. The fourth-order valence-corrected chi connectivity index (χ4v) is 7.23. The fraction of sp³-hybridized carbons (Fsp3) is 1.00. The predicted molar refractivity (Wildman–Crippen MR) is 88.1 cm³/mol. The van der Waals surface area contributed by atoms with Crippen LogP contribution >= 0.6 is 20.1 Å². The van der Waals surface area contributed by atoms with Crippen LogP contribution in [0.4, 0.5) is 0 Å². The molecule has 0 nitrogen and oxygen atoms in total. The van der Waals surface area contributed by atoms with Crippen LogP contribution in [0.25, 0.3) is 0 Å². The van der Waals surface area contributed by atoms with Crippen LogP contribution in [0.2, 0.25) is 0 Å². The van der Waals surface area contributed by atoms with Crippen LogP contribution in [0.5, 0.6) is 0 Å². The topological polar surface area (TPSA) is 0 Å². The van der Waals surface area contributed by atoms with E-state index in [1.807, 2.05) is 0 Å². The molecular formula is C14H34S2. The van der Waals surface area contributed by atoms with Gasteiger partial charge in [0.05, 0.1) is 0 Å². The zero-order valence-electron chi connectivity index (χ0n) is 12.8. The van der Waals surface area contributed by atoms with Crippen molar-refractivity contribution in [3.63, 3.8) is 0 Å². The van der Waals surface area contributed by atoms with E-state index in [0.717, 1.165) is 11.2 Å². The van der Waals surface area contributed by atoms with Crippen molar-refractivity contribution in [1.29, 1.82) is 0 Å². The summed E-state index contributed by atoms with van der Waals surface area (Å²) in [5.74, 6) is 5.14. The first-order valence-corrected chi connectivity index (χ1v) is 12.0. The Balaban J connectivity index is 4.68. The minimum atomic E-state index is -0.378. The first kappa shape index (κ1) is 16.7. The van der Waals surface area contributed by atoms with Gasteiger partial charge in [0.1, 0.15) is 0 Å². The van der Waals surface area contributed by atoms with Gasteiger partial charge in [-0.1, -0.05) is 27.7 Å². The molecule has 0 aromatic rings. The summed E-state index contributed by atoms with van der Waals surface area (Å²) in [6.45, 7) is 9.52. The summed E-state index contributed by atoms with van der Waals surface area (Å²) in [5, 5.41) is 0.988. The second-order valence-corrected chi connectivity index (χ2v) is 15.3. The third-order valence-electron chi connectivity index (χ3n) is 3.80. The fourth-order valence-electron chi connectivity index (χ4n) is 1.90. The van der Waals surface area contributed by atoms with E-state index in [-0.39, 0.29) is 20.1 Å². The second kappa shape index (κ2) is 6.58. The van der Waals surface area contributed by atoms with E-state index in [1.165, 1.54) is 23.7 Å². The van der Waals surface area contributed by atoms with Crippen molar-refractivity contribution in [2.75, 3.05) is 42.3 Å². The molecule has 0 aliphatic carbocycles. The average Bonchev–Trinajstić information content (AvgIpc) is 2.16. The maximum Gasteiger partial charge on any atom is -0.00382 e. The number of rotatable bonds is 7. The zero-order valence-corrected chi connectivity index (χ0v) is 14.4. The third kappa shape index (κ3) is 5.86. The molecule has 0 aliphatic rings. The van der Waals surface area contributed by atoms with Crippen LogP contribution in [-0.2, 0) is 0 Å². The molecule has 102 valence electrons. The van der Waals surface area contributed by atoms with Crippen molar-refractivity contribution in [3.8, 4) is 0 Å². The SMILES string of the molecule is CCS(C)(C)CC(CC(C)C)S(C)(C)CC. The lowest BCUT2D eigenvalue weighted by Gasteiger charge is -2.45. The van der Waals surface area contributed by atoms with E-state index in [0.29, 0.717) is 0 Å². The van der Waals surface area contributed by atoms with Gasteiger partial charge in [-0.2, -0.15) is 0 Å². The van der Waals surface area contributed by atoms with Gasteiger partial charge < -0.3 is 0 Å². The van der Waals surface area contributed by atoms with Gasteiger partial charge >= 0.3 is 0 Å². The normalized spacial score (nSPS) is 17.6. The predicted octanol–water partition coefficient (Wildman–Crippen LogP) is 4.57. The molecule has 0 bridgehead atoms. The largest absolute Gasteiger partial charge is 0.246 e. The van der Waals surface area contributed by atoms with Gasteiger partial charge in [-0.05, 0) is 59.9 Å². The summed E-state index contributed by atoms with van der Waals surface area (Å²) >= 11 is 0. The van der Waals surface area contributed by atoms with Gasteiger partial charge in [0.2, 0.25) is 0 Å². The quantitative estimate of drug-likeness (QED) is 0.633. The molecule has 0 aromatic heterocycles. The van der Waals surface area contributed by atoms with Crippen LogP contribution < -0.4 is 0 Å². The summed E-state index contributed by atoms with van der Waals surface area (Å²) in [7, 11) is -0.715. The molecule has 0 fully saturated rings. The van der Waals surface area contributed by atoms with E-state index in [2.05, 4.69) is 52.7 Å². The number of hydrogen-bond acceptors (Lipinski definition) is 0. The lowest BCUT2D eigenvalue weighted by molar-refractivity contribution is 0.584. The Labute approximate surface area is 108 Å². The lowest BCUT2D eigenvalue weighted by Crippen LogP contribution is -2.27. The van der Waals surface area contributed by atoms with Crippen molar-refractivity contribution in [2.24, 2.45) is 5.92 Å². The third-order valence-corrected chi connectivity index (χ3v) is 10.5. The molecule has 1 atom stereocenters. The van der Waals surface area contributed by atoms with E-state index in [9.17, 15) is 0 Å². The van der Waals surface area contributed by atoms with Gasteiger partial charge in [0.15, 0.2) is 0 Å². The van der Waals surface area contributed by atoms with E-state index in [1.54, 1.807) is 0 Å². The first-order chi connectivity index (χ1) is 7.14. The molecule has 0 saturated heterocycles. The van der Waals surface area contributed by atoms with Gasteiger partial charge in [-0.15, -0.1) is 0 Å². The zero-order chi connectivity index (χ0) is 13.0. The highest BCUT2D eigenvalue weighted by molar-refractivity contribution is 8.36. The Hall–Kier alpha value is 0.700. The van der Waals surface area contributed by atoms with E-state index in [4.69, 9.17) is 0 Å². The molecular weight excluding hydrogens is 232 g/mol. The molecule has 16 heavy (non-hydrogen) atoms. The Morgan fingerprint density at radius 2 is 1.38 bits per heavy atom. The van der Waals surface area contributed by atoms with E-state index >= 15 is 0 Å². The number of hydrogen-bond donors (Lipinski definition) is 0. The van der Waals surface area contributed by atoms with Crippen molar-refractivity contribution < 1.29 is 0 Å². The highest BCUT2D eigenvalue weighted by atomic mass is 32.3. The Morgan fingerprint density at radius 3 is 1.69 bits per heavy atom. The van der Waals surface area contributed by atoms with Gasteiger partial charge in [0, 0.05) is 0 Å². The molecule has 0 spiro atoms. The summed E-state index contributed by atoms with van der Waals surface area (Å²) in [6.07, 6.45) is 11.6. The molecule has 0 saturated carbocycles. The van der Waals surface area contributed by atoms with Crippen LogP contribution in [0.15, 0.2) is 0 Å². The summed E-state index contributed by atoms with van der Waals surface area (Å²) in [4.78, 5) is 0. The Morgan fingerprint density at radius 1 is 0.875 bits per heavy atom. The van der Waals surface area contributed by atoms with Gasteiger partial charge in [-0.3, -0.25) is 0 Å². The van der Waals surface area contributed by atoms with Gasteiger partial charge in [0.25, 0.3) is 0 Å². The maximum absolute atomic E-state index is 2.55. The molecule has 0 radical (unpaired) electrons. The molecule has 0 heterocycles. The summed E-state index contributed by atoms with van der Waals surface area (Å²) in [5.41, 5.74) is 0. The van der Waals surface area contributed by atoms with Crippen LogP contribution in [0.1, 0.15) is 34.1 Å². The minimum absolute atomic E-state index is 0.337. The monoisotopic (exact) mass is 266 g/mol. The summed E-state index contributed by atoms with van der Waals surface area (Å²) in [6, 6.07) is 0.